The second-order valence-electron chi connectivity index (χ2n) is 7.12. The molecule has 0 unspecified atom stereocenters. The molecule has 0 N–H and O–H groups in total. The maximum Gasteiger partial charge on any atom is 0.274 e. The van der Waals surface area contributed by atoms with Crippen LogP contribution in [0.3, 0.4) is 0 Å². The van der Waals surface area contributed by atoms with Gasteiger partial charge in [0.1, 0.15) is 5.69 Å². The van der Waals surface area contributed by atoms with E-state index in [2.05, 4.69) is 39.1 Å². The average Bonchev–Trinajstić information content (AvgIpc) is 2.74. The van der Waals surface area contributed by atoms with Crippen LogP contribution in [0.4, 0.5) is 5.69 Å². The molecule has 138 valence electrons. The molecule has 0 bridgehead atoms. The maximum atomic E-state index is 12.7. The van der Waals surface area contributed by atoms with E-state index in [9.17, 15) is 4.79 Å². The molecule has 27 heavy (non-hydrogen) atoms. The van der Waals surface area contributed by atoms with Gasteiger partial charge < -0.3 is 9.80 Å². The summed E-state index contributed by atoms with van der Waals surface area (Å²) in [5.41, 5.74) is 4.29. The summed E-state index contributed by atoms with van der Waals surface area (Å²) in [6.45, 7) is 2.82. The van der Waals surface area contributed by atoms with Crippen LogP contribution in [-0.2, 0) is 6.54 Å². The number of carbonyl (C=O) groups excluding carboxylic acids is 1. The van der Waals surface area contributed by atoms with Gasteiger partial charge >= 0.3 is 0 Å². The molecule has 4 rings (SSSR count). The van der Waals surface area contributed by atoms with Crippen molar-refractivity contribution < 1.29 is 4.79 Å². The number of carbonyl (C=O) groups is 1. The molecule has 0 saturated carbocycles. The van der Waals surface area contributed by atoms with E-state index in [0.717, 1.165) is 29.7 Å². The zero-order chi connectivity index (χ0) is 18.6. The Kier molecular flexibility index (Phi) is 5.01. The van der Waals surface area contributed by atoms with Gasteiger partial charge in [0.05, 0.1) is 17.2 Å². The van der Waals surface area contributed by atoms with Crippen LogP contribution in [0.25, 0.3) is 11.0 Å². The second kappa shape index (κ2) is 7.74. The molecule has 1 aliphatic heterocycles. The Labute approximate surface area is 159 Å². The van der Waals surface area contributed by atoms with Gasteiger partial charge in [-0.25, -0.2) is 4.98 Å². The zero-order valence-electron chi connectivity index (χ0n) is 15.6. The number of hydrogen-bond acceptors (Lipinski definition) is 4. The van der Waals surface area contributed by atoms with Crippen LogP contribution in [0.2, 0.25) is 0 Å². The van der Waals surface area contributed by atoms with E-state index in [1.165, 1.54) is 24.9 Å². The fraction of sp³-hybridized carbons (Fsp3) is 0.318. The largest absolute Gasteiger partial charge is 0.372 e. The van der Waals surface area contributed by atoms with E-state index in [1.807, 2.05) is 24.3 Å². The fourth-order valence-corrected chi connectivity index (χ4v) is 3.57. The standard InChI is InChI=1S/C22H24N4O/c1-25(22(27)21-15-23-19-7-3-4-8-20(19)24-21)16-17-9-11-18(12-10-17)26-13-5-2-6-14-26/h3-4,7-12,15H,2,5-6,13-14,16H2,1H3. The van der Waals surface area contributed by atoms with E-state index >= 15 is 0 Å². The van der Waals surface area contributed by atoms with Crippen molar-refractivity contribution in [1.29, 1.82) is 0 Å². The molecule has 2 aromatic carbocycles. The van der Waals surface area contributed by atoms with Crippen molar-refractivity contribution in [3.63, 3.8) is 0 Å². The number of hydrogen-bond donors (Lipinski definition) is 0. The smallest absolute Gasteiger partial charge is 0.274 e. The molecule has 1 aliphatic rings. The third-order valence-electron chi connectivity index (χ3n) is 5.09. The van der Waals surface area contributed by atoms with Gasteiger partial charge in [-0.2, -0.15) is 0 Å². The number of para-hydroxylation sites is 2. The number of anilines is 1. The van der Waals surface area contributed by atoms with Crippen molar-refractivity contribution in [2.24, 2.45) is 0 Å². The summed E-state index contributed by atoms with van der Waals surface area (Å²) in [6.07, 6.45) is 5.43. The lowest BCUT2D eigenvalue weighted by atomic mass is 10.1. The molecular formula is C22H24N4O. The van der Waals surface area contributed by atoms with Crippen LogP contribution in [0.5, 0.6) is 0 Å². The van der Waals surface area contributed by atoms with Crippen molar-refractivity contribution in [2.45, 2.75) is 25.8 Å². The van der Waals surface area contributed by atoms with Crippen molar-refractivity contribution in [3.8, 4) is 0 Å². The zero-order valence-corrected chi connectivity index (χ0v) is 15.6. The molecule has 2 heterocycles. The van der Waals surface area contributed by atoms with Crippen molar-refractivity contribution >= 4 is 22.6 Å². The van der Waals surface area contributed by atoms with Gasteiger partial charge in [-0.1, -0.05) is 24.3 Å². The second-order valence-corrected chi connectivity index (χ2v) is 7.12. The number of benzene rings is 2. The predicted molar refractivity (Wildman–Crippen MR) is 108 cm³/mol. The molecule has 1 aromatic heterocycles. The Bertz CT molecular complexity index is 932. The minimum atomic E-state index is -0.117. The first-order valence-corrected chi connectivity index (χ1v) is 9.52. The van der Waals surface area contributed by atoms with Crippen LogP contribution >= 0.6 is 0 Å². The summed E-state index contributed by atoms with van der Waals surface area (Å²) in [6, 6.07) is 16.1. The first-order chi connectivity index (χ1) is 13.2. The Morgan fingerprint density at radius 3 is 2.44 bits per heavy atom. The Balaban J connectivity index is 1.44. The summed E-state index contributed by atoms with van der Waals surface area (Å²) >= 11 is 0. The molecule has 5 heteroatoms. The van der Waals surface area contributed by atoms with E-state index < -0.39 is 0 Å². The highest BCUT2D eigenvalue weighted by atomic mass is 16.2. The molecule has 0 aliphatic carbocycles. The van der Waals surface area contributed by atoms with E-state index in [1.54, 1.807) is 18.1 Å². The molecule has 1 amide bonds. The number of amides is 1. The molecule has 0 atom stereocenters. The van der Waals surface area contributed by atoms with E-state index in [4.69, 9.17) is 0 Å². The Morgan fingerprint density at radius 1 is 1.00 bits per heavy atom. The van der Waals surface area contributed by atoms with Gasteiger partial charge in [-0.15, -0.1) is 0 Å². The number of fused-ring (bicyclic) bond motifs is 1. The van der Waals surface area contributed by atoms with Crippen molar-refractivity contribution in [2.75, 3.05) is 25.0 Å². The highest BCUT2D eigenvalue weighted by Gasteiger charge is 2.15. The quantitative estimate of drug-likeness (QED) is 0.708. The normalized spacial score (nSPS) is 14.3. The lowest BCUT2D eigenvalue weighted by molar-refractivity contribution is 0.0779. The topological polar surface area (TPSA) is 49.3 Å². The summed E-state index contributed by atoms with van der Waals surface area (Å²) in [4.78, 5) is 25.6. The van der Waals surface area contributed by atoms with Gasteiger partial charge in [0.25, 0.3) is 5.91 Å². The third kappa shape index (κ3) is 3.92. The van der Waals surface area contributed by atoms with Crippen molar-refractivity contribution in [3.05, 3.63) is 66.0 Å². The Hall–Kier alpha value is -2.95. The van der Waals surface area contributed by atoms with Gasteiger partial charge in [0.2, 0.25) is 0 Å². The number of piperidine rings is 1. The van der Waals surface area contributed by atoms with Crippen molar-refractivity contribution in [1.82, 2.24) is 14.9 Å². The van der Waals surface area contributed by atoms with E-state index in [0.29, 0.717) is 12.2 Å². The van der Waals surface area contributed by atoms with Crippen LogP contribution in [-0.4, -0.2) is 40.9 Å². The monoisotopic (exact) mass is 360 g/mol. The lowest BCUT2D eigenvalue weighted by Gasteiger charge is -2.29. The van der Waals surface area contributed by atoms with Gasteiger partial charge in [-0.05, 0) is 49.1 Å². The summed E-state index contributed by atoms with van der Waals surface area (Å²) < 4.78 is 0. The number of nitrogens with zero attached hydrogens (tertiary/aromatic N) is 4. The SMILES string of the molecule is CN(Cc1ccc(N2CCCCC2)cc1)C(=O)c1cnc2ccccc2n1. The average molecular weight is 360 g/mol. The van der Waals surface area contributed by atoms with Crippen LogP contribution in [0, 0.1) is 0 Å². The first-order valence-electron chi connectivity index (χ1n) is 9.52. The third-order valence-corrected chi connectivity index (χ3v) is 5.09. The summed E-state index contributed by atoms with van der Waals surface area (Å²) in [7, 11) is 1.80. The van der Waals surface area contributed by atoms with Gasteiger partial charge in [-0.3, -0.25) is 9.78 Å². The summed E-state index contributed by atoms with van der Waals surface area (Å²) in [5.74, 6) is -0.117. The van der Waals surface area contributed by atoms with Gasteiger partial charge in [0, 0.05) is 32.4 Å². The van der Waals surface area contributed by atoms with Crippen LogP contribution in [0.1, 0.15) is 35.3 Å². The molecule has 1 fully saturated rings. The number of aromatic nitrogens is 2. The molecule has 0 radical (unpaired) electrons. The first kappa shape index (κ1) is 17.5. The van der Waals surface area contributed by atoms with Crippen LogP contribution < -0.4 is 4.90 Å². The molecule has 5 nitrogen and oxygen atoms in total. The minimum absolute atomic E-state index is 0.117. The molecular weight excluding hydrogens is 336 g/mol. The maximum absolute atomic E-state index is 12.7. The predicted octanol–water partition coefficient (Wildman–Crippen LogP) is 3.89. The lowest BCUT2D eigenvalue weighted by Crippen LogP contribution is -2.29. The highest BCUT2D eigenvalue weighted by molar-refractivity contribution is 5.93. The number of rotatable bonds is 4. The highest BCUT2D eigenvalue weighted by Crippen LogP contribution is 2.21. The fourth-order valence-electron chi connectivity index (χ4n) is 3.57. The minimum Gasteiger partial charge on any atom is -0.372 e. The van der Waals surface area contributed by atoms with E-state index in [-0.39, 0.29) is 5.91 Å². The summed E-state index contributed by atoms with van der Waals surface area (Å²) in [5, 5.41) is 0. The molecule has 0 spiro atoms. The molecule has 1 saturated heterocycles. The molecule has 3 aromatic rings. The van der Waals surface area contributed by atoms with Gasteiger partial charge in [0.15, 0.2) is 0 Å². The van der Waals surface area contributed by atoms with Crippen LogP contribution in [0.15, 0.2) is 54.7 Å². The Morgan fingerprint density at radius 2 is 1.70 bits per heavy atom.